The zero-order chi connectivity index (χ0) is 23.0. The molecule has 2 saturated heterocycles. The van der Waals surface area contributed by atoms with Crippen LogP contribution in [0.5, 0.6) is 0 Å². The molecule has 3 aliphatic heterocycles. The van der Waals surface area contributed by atoms with Gasteiger partial charge in [-0.25, -0.2) is 4.98 Å². The van der Waals surface area contributed by atoms with Crippen molar-refractivity contribution in [1.29, 1.82) is 0 Å². The quantitative estimate of drug-likeness (QED) is 0.712. The third kappa shape index (κ3) is 4.83. The zero-order valence-electron chi connectivity index (χ0n) is 18.7. The van der Waals surface area contributed by atoms with Crippen molar-refractivity contribution < 1.29 is 13.2 Å². The lowest BCUT2D eigenvalue weighted by Gasteiger charge is -2.32. The molecule has 1 amide bonds. The highest BCUT2D eigenvalue weighted by atomic mass is 32.2. The van der Waals surface area contributed by atoms with Crippen molar-refractivity contribution in [1.82, 2.24) is 14.8 Å². The number of carbonyl (C=O) groups is 1. The Hall–Kier alpha value is -2.30. The number of amidine groups is 1. The maximum absolute atomic E-state index is 12.8. The minimum absolute atomic E-state index is 0.0106. The Morgan fingerprint density at radius 1 is 1.18 bits per heavy atom. The number of aromatic nitrogens is 1. The zero-order valence-corrected chi connectivity index (χ0v) is 20.4. The lowest BCUT2D eigenvalue weighted by Crippen LogP contribution is -2.41. The van der Waals surface area contributed by atoms with Gasteiger partial charge in [0.15, 0.2) is 11.0 Å². The molecule has 0 spiro atoms. The third-order valence-electron chi connectivity index (χ3n) is 6.69. The van der Waals surface area contributed by atoms with Crippen molar-refractivity contribution in [2.24, 2.45) is 16.2 Å². The van der Waals surface area contributed by atoms with Gasteiger partial charge in [0.05, 0.1) is 5.69 Å². The first-order valence-corrected chi connectivity index (χ1v) is 13.9. The maximum atomic E-state index is 12.8. The van der Waals surface area contributed by atoms with Gasteiger partial charge in [0.1, 0.15) is 4.90 Å². The second-order valence-electron chi connectivity index (χ2n) is 9.26. The molecule has 8 nitrogen and oxygen atoms in total. The number of carbonyl (C=O) groups excluding carboxylic acids is 1. The Labute approximate surface area is 198 Å². The maximum Gasteiger partial charge on any atom is 0.285 e. The number of rotatable bonds is 4. The number of thiazole rings is 1. The lowest BCUT2D eigenvalue weighted by molar-refractivity contribution is -0.120. The molecule has 0 saturated carbocycles. The number of hydrogen-bond acceptors (Lipinski definition) is 7. The van der Waals surface area contributed by atoms with Crippen LogP contribution in [0.2, 0.25) is 0 Å². The summed E-state index contributed by atoms with van der Waals surface area (Å²) in [7, 11) is -3.63. The van der Waals surface area contributed by atoms with Gasteiger partial charge in [0.25, 0.3) is 10.0 Å². The van der Waals surface area contributed by atoms with Crippen LogP contribution in [-0.2, 0) is 21.4 Å². The Morgan fingerprint density at radius 3 is 2.76 bits per heavy atom. The van der Waals surface area contributed by atoms with Gasteiger partial charge in [0, 0.05) is 43.0 Å². The Bertz CT molecular complexity index is 1170. The molecule has 2 fully saturated rings. The van der Waals surface area contributed by atoms with Crippen LogP contribution in [0.15, 0.2) is 38.9 Å². The SMILES string of the molecule is CC1CCCN(Cc2csc(NC(=O)C3CCN(C4=NS(=O)(=O)c5ccccc54)CC3)n2)C1. The highest BCUT2D eigenvalue weighted by Crippen LogP contribution is 2.30. The summed E-state index contributed by atoms with van der Waals surface area (Å²) in [6.07, 6.45) is 3.83. The highest BCUT2D eigenvalue weighted by molar-refractivity contribution is 7.90. The number of piperidine rings is 2. The number of nitrogens with zero attached hydrogens (tertiary/aromatic N) is 4. The average Bonchev–Trinajstić information content (AvgIpc) is 3.35. The van der Waals surface area contributed by atoms with E-state index < -0.39 is 10.0 Å². The predicted octanol–water partition coefficient (Wildman–Crippen LogP) is 3.17. The Kier molecular flexibility index (Phi) is 6.24. The van der Waals surface area contributed by atoms with Gasteiger partial charge in [-0.15, -0.1) is 15.7 Å². The van der Waals surface area contributed by atoms with Crippen LogP contribution in [0.25, 0.3) is 0 Å². The molecule has 3 aliphatic rings. The van der Waals surface area contributed by atoms with E-state index in [1.807, 2.05) is 16.3 Å². The first-order valence-electron chi connectivity index (χ1n) is 11.6. The second-order valence-corrected chi connectivity index (χ2v) is 11.7. The summed E-state index contributed by atoms with van der Waals surface area (Å²) in [6.45, 7) is 6.53. The molecule has 1 unspecified atom stereocenters. The van der Waals surface area contributed by atoms with Crippen molar-refractivity contribution >= 4 is 38.2 Å². The molecule has 2 aromatic rings. The van der Waals surface area contributed by atoms with E-state index in [9.17, 15) is 13.2 Å². The Balaban J connectivity index is 1.16. The van der Waals surface area contributed by atoms with Crippen molar-refractivity contribution in [2.75, 3.05) is 31.5 Å². The summed E-state index contributed by atoms with van der Waals surface area (Å²) in [6, 6.07) is 6.92. The smallest absolute Gasteiger partial charge is 0.285 e. The number of amides is 1. The van der Waals surface area contributed by atoms with E-state index in [2.05, 4.69) is 26.5 Å². The number of likely N-dealkylation sites (tertiary alicyclic amines) is 2. The van der Waals surface area contributed by atoms with Crippen molar-refractivity contribution in [3.05, 3.63) is 40.9 Å². The topological polar surface area (TPSA) is 95.0 Å². The molecule has 0 aliphatic carbocycles. The summed E-state index contributed by atoms with van der Waals surface area (Å²) in [4.78, 5) is 22.2. The molecule has 10 heteroatoms. The van der Waals surface area contributed by atoms with Crippen LogP contribution >= 0.6 is 11.3 Å². The molecule has 1 atom stereocenters. The van der Waals surface area contributed by atoms with Gasteiger partial charge in [-0.05, 0) is 50.3 Å². The summed E-state index contributed by atoms with van der Waals surface area (Å²) in [5.41, 5.74) is 1.66. The van der Waals surface area contributed by atoms with Gasteiger partial charge < -0.3 is 10.2 Å². The van der Waals surface area contributed by atoms with Crippen molar-refractivity contribution in [3.63, 3.8) is 0 Å². The number of fused-ring (bicyclic) bond motifs is 1. The normalized spacial score (nSPS) is 23.2. The third-order valence-corrected chi connectivity index (χ3v) is 8.82. The van der Waals surface area contributed by atoms with Crippen LogP contribution in [0, 0.1) is 11.8 Å². The summed E-state index contributed by atoms with van der Waals surface area (Å²) < 4.78 is 28.7. The first-order chi connectivity index (χ1) is 15.9. The molecule has 176 valence electrons. The predicted molar refractivity (Wildman–Crippen MR) is 129 cm³/mol. The molecule has 1 N–H and O–H groups in total. The summed E-state index contributed by atoms with van der Waals surface area (Å²) >= 11 is 1.48. The first kappa shape index (κ1) is 22.5. The van der Waals surface area contributed by atoms with E-state index in [-0.39, 0.29) is 16.7 Å². The standard InChI is InChI=1S/C23H29N5O3S2/c1-16-5-4-10-27(13-16)14-18-15-32-23(24-18)25-22(29)17-8-11-28(12-9-17)21-19-6-2-3-7-20(19)33(30,31)26-21/h2-3,6-7,15-17H,4-5,8-14H2,1H3,(H,24,25,29). The molecule has 4 heterocycles. The number of anilines is 1. The van der Waals surface area contributed by atoms with Crippen LogP contribution in [0.1, 0.15) is 43.9 Å². The molecule has 1 aromatic heterocycles. The number of hydrogen-bond donors (Lipinski definition) is 1. The van der Waals surface area contributed by atoms with E-state index in [4.69, 9.17) is 0 Å². The van der Waals surface area contributed by atoms with Crippen LogP contribution < -0.4 is 5.32 Å². The van der Waals surface area contributed by atoms with E-state index in [1.54, 1.807) is 18.2 Å². The van der Waals surface area contributed by atoms with E-state index in [0.29, 0.717) is 42.5 Å². The van der Waals surface area contributed by atoms with E-state index in [1.165, 1.54) is 24.2 Å². The fourth-order valence-electron chi connectivity index (χ4n) is 4.97. The van der Waals surface area contributed by atoms with Gasteiger partial charge in [-0.1, -0.05) is 19.1 Å². The number of sulfonamides is 1. The second kappa shape index (κ2) is 9.15. The fraction of sp³-hybridized carbons (Fsp3) is 0.522. The monoisotopic (exact) mass is 487 g/mol. The lowest BCUT2D eigenvalue weighted by atomic mass is 9.95. The molecule has 33 heavy (non-hydrogen) atoms. The number of nitrogens with one attached hydrogen (secondary N) is 1. The highest BCUT2D eigenvalue weighted by Gasteiger charge is 2.34. The average molecular weight is 488 g/mol. The summed E-state index contributed by atoms with van der Waals surface area (Å²) in [5, 5.41) is 5.69. The molecule has 0 radical (unpaired) electrons. The molecular formula is C23H29N5O3S2. The van der Waals surface area contributed by atoms with E-state index >= 15 is 0 Å². The van der Waals surface area contributed by atoms with Gasteiger partial charge in [-0.3, -0.25) is 9.69 Å². The molecular weight excluding hydrogens is 458 g/mol. The summed E-state index contributed by atoms with van der Waals surface area (Å²) in [5.74, 6) is 1.10. The molecule has 5 rings (SSSR count). The van der Waals surface area contributed by atoms with E-state index in [0.717, 1.165) is 31.2 Å². The molecule has 1 aromatic carbocycles. The largest absolute Gasteiger partial charge is 0.355 e. The van der Waals surface area contributed by atoms with Gasteiger partial charge in [0.2, 0.25) is 5.91 Å². The van der Waals surface area contributed by atoms with Gasteiger partial charge >= 0.3 is 0 Å². The number of benzene rings is 1. The van der Waals surface area contributed by atoms with Crippen molar-refractivity contribution in [2.45, 2.75) is 44.0 Å². The van der Waals surface area contributed by atoms with Crippen LogP contribution in [-0.4, -0.2) is 61.1 Å². The minimum atomic E-state index is -3.63. The van der Waals surface area contributed by atoms with Crippen LogP contribution in [0.4, 0.5) is 5.13 Å². The van der Waals surface area contributed by atoms with Gasteiger partial charge in [-0.2, -0.15) is 8.42 Å². The molecule has 0 bridgehead atoms. The van der Waals surface area contributed by atoms with Crippen LogP contribution in [0.3, 0.4) is 0 Å². The minimum Gasteiger partial charge on any atom is -0.355 e. The van der Waals surface area contributed by atoms with Crippen molar-refractivity contribution in [3.8, 4) is 0 Å². The Morgan fingerprint density at radius 2 is 1.97 bits per heavy atom. The fourth-order valence-corrected chi connectivity index (χ4v) is 6.91.